The Bertz CT molecular complexity index is 403. The summed E-state index contributed by atoms with van der Waals surface area (Å²) < 4.78 is 24.8. The summed E-state index contributed by atoms with van der Waals surface area (Å²) in [6, 6.07) is 0.996. The van der Waals surface area contributed by atoms with Crippen LogP contribution in [0, 0.1) is 0 Å². The van der Waals surface area contributed by atoms with Crippen LogP contribution >= 0.6 is 15.9 Å². The molecule has 0 aromatic carbocycles. The van der Waals surface area contributed by atoms with E-state index >= 15 is 0 Å². The van der Waals surface area contributed by atoms with Crippen LogP contribution in [-0.2, 0) is 5.33 Å². The molecule has 1 aromatic heterocycles. The maximum Gasteiger partial charge on any atom is 0.278 e. The average Bonchev–Trinajstić information content (AvgIpc) is 2.16. The van der Waals surface area contributed by atoms with E-state index in [9.17, 15) is 18.4 Å². The van der Waals surface area contributed by atoms with Crippen molar-refractivity contribution in [2.75, 3.05) is 0 Å². The molecule has 0 aliphatic carbocycles. The van der Waals surface area contributed by atoms with E-state index in [1.54, 1.807) is 0 Å². The standard InChI is InChI=1S/C8H6BrF2NO2/c9-2-5-4(3-13)1-6(14)12-7(5)8(10)11/h1,3,8H,2H2,(H,12,14). The lowest BCUT2D eigenvalue weighted by Gasteiger charge is -2.07. The molecular formula is C8H6BrF2NO2. The molecule has 14 heavy (non-hydrogen) atoms. The van der Waals surface area contributed by atoms with Crippen LogP contribution in [-0.4, -0.2) is 11.3 Å². The number of nitrogens with one attached hydrogen (secondary N) is 1. The van der Waals surface area contributed by atoms with Gasteiger partial charge in [-0.05, 0) is 5.56 Å². The molecule has 0 saturated heterocycles. The van der Waals surface area contributed by atoms with Crippen LogP contribution in [0.4, 0.5) is 8.78 Å². The Morgan fingerprint density at radius 3 is 2.64 bits per heavy atom. The molecule has 1 N–H and O–H groups in total. The van der Waals surface area contributed by atoms with Gasteiger partial charge in [-0.2, -0.15) is 0 Å². The van der Waals surface area contributed by atoms with E-state index < -0.39 is 17.7 Å². The van der Waals surface area contributed by atoms with Gasteiger partial charge in [-0.3, -0.25) is 9.59 Å². The van der Waals surface area contributed by atoms with Crippen molar-refractivity contribution < 1.29 is 13.6 Å². The topological polar surface area (TPSA) is 49.9 Å². The van der Waals surface area contributed by atoms with Crippen LogP contribution in [0.1, 0.15) is 28.0 Å². The maximum atomic E-state index is 12.4. The number of alkyl halides is 3. The molecular weight excluding hydrogens is 260 g/mol. The van der Waals surface area contributed by atoms with Crippen LogP contribution in [0.3, 0.4) is 0 Å². The summed E-state index contributed by atoms with van der Waals surface area (Å²) >= 11 is 2.98. The Labute approximate surface area is 86.3 Å². The summed E-state index contributed by atoms with van der Waals surface area (Å²) in [5.41, 5.74) is -1.10. The SMILES string of the molecule is O=Cc1cc(=O)[nH]c(C(F)F)c1CBr. The number of pyridine rings is 1. The normalized spacial score (nSPS) is 10.6. The van der Waals surface area contributed by atoms with Gasteiger partial charge in [-0.15, -0.1) is 0 Å². The predicted molar refractivity (Wildman–Crippen MR) is 50.0 cm³/mol. The smallest absolute Gasteiger partial charge is 0.278 e. The number of aldehydes is 1. The third-order valence-corrected chi connectivity index (χ3v) is 2.26. The van der Waals surface area contributed by atoms with Crippen molar-refractivity contribution in [2.45, 2.75) is 11.8 Å². The summed E-state index contributed by atoms with van der Waals surface area (Å²) in [5.74, 6) is 0. The lowest BCUT2D eigenvalue weighted by atomic mass is 10.1. The molecule has 76 valence electrons. The van der Waals surface area contributed by atoms with Gasteiger partial charge in [-0.25, -0.2) is 8.78 Å². The van der Waals surface area contributed by atoms with Gasteiger partial charge in [0.2, 0.25) is 5.56 Å². The number of hydrogen-bond donors (Lipinski definition) is 1. The molecule has 0 aliphatic heterocycles. The molecule has 0 spiro atoms. The van der Waals surface area contributed by atoms with Crippen LogP contribution in [0.2, 0.25) is 0 Å². The monoisotopic (exact) mass is 265 g/mol. The molecule has 0 aliphatic rings. The summed E-state index contributed by atoms with van der Waals surface area (Å²) in [7, 11) is 0. The highest BCUT2D eigenvalue weighted by atomic mass is 79.9. The molecule has 1 heterocycles. The highest BCUT2D eigenvalue weighted by Crippen LogP contribution is 2.23. The molecule has 1 aromatic rings. The van der Waals surface area contributed by atoms with E-state index in [-0.39, 0.29) is 16.5 Å². The minimum atomic E-state index is -2.80. The third kappa shape index (κ3) is 2.06. The second-order valence-electron chi connectivity index (χ2n) is 2.53. The molecule has 0 atom stereocenters. The summed E-state index contributed by atoms with van der Waals surface area (Å²) in [6.07, 6.45) is -2.41. The van der Waals surface area contributed by atoms with Crippen molar-refractivity contribution in [3.05, 3.63) is 33.2 Å². The van der Waals surface area contributed by atoms with Gasteiger partial charge in [-0.1, -0.05) is 15.9 Å². The Morgan fingerprint density at radius 2 is 2.21 bits per heavy atom. The van der Waals surface area contributed by atoms with E-state index in [1.807, 2.05) is 4.98 Å². The van der Waals surface area contributed by atoms with E-state index in [0.717, 1.165) is 6.07 Å². The van der Waals surface area contributed by atoms with Crippen LogP contribution < -0.4 is 5.56 Å². The van der Waals surface area contributed by atoms with Crippen LogP contribution in [0.15, 0.2) is 10.9 Å². The van der Waals surface area contributed by atoms with Crippen molar-refractivity contribution in [1.82, 2.24) is 4.98 Å². The molecule has 1 rings (SSSR count). The fourth-order valence-electron chi connectivity index (χ4n) is 1.07. The summed E-state index contributed by atoms with van der Waals surface area (Å²) in [6.45, 7) is 0. The molecule has 0 amide bonds. The van der Waals surface area contributed by atoms with Gasteiger partial charge in [0.25, 0.3) is 6.43 Å². The van der Waals surface area contributed by atoms with Crippen molar-refractivity contribution >= 4 is 22.2 Å². The zero-order chi connectivity index (χ0) is 10.7. The first-order valence-corrected chi connectivity index (χ1v) is 4.77. The van der Waals surface area contributed by atoms with Gasteiger partial charge in [0.15, 0.2) is 6.29 Å². The molecule has 0 radical (unpaired) electrons. The highest BCUT2D eigenvalue weighted by Gasteiger charge is 2.16. The molecule has 0 bridgehead atoms. The Hall–Kier alpha value is -1.04. The lowest BCUT2D eigenvalue weighted by molar-refractivity contribution is 0.112. The van der Waals surface area contributed by atoms with Gasteiger partial charge < -0.3 is 4.98 Å². The van der Waals surface area contributed by atoms with Crippen molar-refractivity contribution in [3.8, 4) is 0 Å². The Kier molecular flexibility index (Phi) is 3.51. The average molecular weight is 266 g/mol. The quantitative estimate of drug-likeness (QED) is 0.672. The Balaban J connectivity index is 3.47. The number of rotatable bonds is 3. The van der Waals surface area contributed by atoms with Gasteiger partial charge in [0, 0.05) is 17.0 Å². The summed E-state index contributed by atoms with van der Waals surface area (Å²) in [5, 5.41) is 0.0948. The van der Waals surface area contributed by atoms with E-state index in [0.29, 0.717) is 6.29 Å². The van der Waals surface area contributed by atoms with Crippen molar-refractivity contribution in [3.63, 3.8) is 0 Å². The molecule has 0 fully saturated rings. The number of hydrogen-bond acceptors (Lipinski definition) is 2. The number of aromatic amines is 1. The second-order valence-corrected chi connectivity index (χ2v) is 3.09. The van der Waals surface area contributed by atoms with Crippen molar-refractivity contribution in [2.24, 2.45) is 0 Å². The van der Waals surface area contributed by atoms with Gasteiger partial charge in [0.1, 0.15) is 0 Å². The van der Waals surface area contributed by atoms with Crippen LogP contribution in [0.5, 0.6) is 0 Å². The minimum Gasteiger partial charge on any atom is -0.321 e. The number of aromatic nitrogens is 1. The first kappa shape index (κ1) is 11.0. The minimum absolute atomic E-state index is 0.0130. The van der Waals surface area contributed by atoms with Crippen LogP contribution in [0.25, 0.3) is 0 Å². The fraction of sp³-hybridized carbons (Fsp3) is 0.250. The van der Waals surface area contributed by atoms with E-state index in [2.05, 4.69) is 15.9 Å². The first-order valence-electron chi connectivity index (χ1n) is 3.65. The zero-order valence-corrected chi connectivity index (χ0v) is 8.48. The number of carbonyl (C=O) groups is 1. The number of halogens is 3. The van der Waals surface area contributed by atoms with Gasteiger partial charge in [0.05, 0.1) is 5.69 Å². The first-order chi connectivity index (χ1) is 6.60. The number of carbonyl (C=O) groups excluding carboxylic acids is 1. The van der Waals surface area contributed by atoms with Crippen molar-refractivity contribution in [1.29, 1.82) is 0 Å². The van der Waals surface area contributed by atoms with E-state index in [1.165, 1.54) is 0 Å². The Morgan fingerprint density at radius 1 is 1.57 bits per heavy atom. The third-order valence-electron chi connectivity index (χ3n) is 1.70. The lowest BCUT2D eigenvalue weighted by Crippen LogP contribution is -2.13. The molecule has 3 nitrogen and oxygen atoms in total. The second kappa shape index (κ2) is 4.45. The van der Waals surface area contributed by atoms with Gasteiger partial charge >= 0.3 is 0 Å². The fourth-order valence-corrected chi connectivity index (χ4v) is 1.69. The summed E-state index contributed by atoms with van der Waals surface area (Å²) in [4.78, 5) is 23.4. The largest absolute Gasteiger partial charge is 0.321 e. The molecule has 6 heteroatoms. The van der Waals surface area contributed by atoms with E-state index in [4.69, 9.17) is 0 Å². The predicted octanol–water partition coefficient (Wildman–Crippen LogP) is 2.02. The highest BCUT2D eigenvalue weighted by molar-refractivity contribution is 9.08. The zero-order valence-electron chi connectivity index (χ0n) is 6.89. The maximum absolute atomic E-state index is 12.4. The molecule has 0 saturated carbocycles. The number of H-pyrrole nitrogens is 1. The molecule has 0 unspecified atom stereocenters.